The number of carboxylic acids is 1. The normalized spacial score (nSPS) is 10.4. The number of hydrogen-bond donors (Lipinski definition) is 3. The number of hydrogen-bond acceptors (Lipinski definition) is 5. The summed E-state index contributed by atoms with van der Waals surface area (Å²) in [7, 11) is 1.63. The predicted octanol–water partition coefficient (Wildman–Crippen LogP) is 1.55. The number of nitrogens with two attached hydrogens (primary N) is 1. The highest BCUT2D eigenvalue weighted by atomic mass is 16.5. The number of methoxy groups -OCH3 is 1. The van der Waals surface area contributed by atoms with Crippen LogP contribution in [0.25, 0.3) is 0 Å². The van der Waals surface area contributed by atoms with Gasteiger partial charge in [-0.1, -0.05) is 0 Å². The van der Waals surface area contributed by atoms with Gasteiger partial charge in [0.25, 0.3) is 0 Å². The van der Waals surface area contributed by atoms with Crippen LogP contribution in [0.15, 0.2) is 30.6 Å². The van der Waals surface area contributed by atoms with Crippen LogP contribution in [0.5, 0.6) is 0 Å². The van der Waals surface area contributed by atoms with Gasteiger partial charge in [-0.05, 0) is 18.2 Å². The van der Waals surface area contributed by atoms with Gasteiger partial charge in [0.15, 0.2) is 0 Å². The summed E-state index contributed by atoms with van der Waals surface area (Å²) in [5.41, 5.74) is 7.32. The Morgan fingerprint density at radius 2 is 2.30 bits per heavy atom. The Bertz CT molecular complexity index is 609. The van der Waals surface area contributed by atoms with Crippen LogP contribution in [0.2, 0.25) is 0 Å². The van der Waals surface area contributed by atoms with Crippen molar-refractivity contribution in [1.29, 1.82) is 0 Å². The molecule has 7 heteroatoms. The molecule has 0 spiro atoms. The topological polar surface area (TPSA) is 102 Å². The van der Waals surface area contributed by atoms with Gasteiger partial charge >= 0.3 is 5.97 Å². The number of nitrogen functional groups attached to an aromatic ring is 1. The number of carbonyl (C=O) groups is 1. The molecule has 0 radical (unpaired) electrons. The summed E-state index contributed by atoms with van der Waals surface area (Å²) in [5.74, 6) is -1.05. The molecule has 1 aromatic carbocycles. The summed E-state index contributed by atoms with van der Waals surface area (Å²) < 4.78 is 6.71. The van der Waals surface area contributed by atoms with Gasteiger partial charge in [0.2, 0.25) is 0 Å². The Hall–Kier alpha value is -2.54. The van der Waals surface area contributed by atoms with Gasteiger partial charge < -0.3 is 20.9 Å². The van der Waals surface area contributed by atoms with Crippen LogP contribution in [0.3, 0.4) is 0 Å². The SMILES string of the molecule is COCCn1cc(Nc2ccc(N)c(C(=O)O)c2)cn1. The molecule has 2 aromatic rings. The number of aromatic carboxylic acids is 1. The number of nitrogens with zero attached hydrogens (tertiary/aromatic N) is 2. The molecule has 2 rings (SSSR count). The quantitative estimate of drug-likeness (QED) is 0.692. The lowest BCUT2D eigenvalue weighted by Gasteiger charge is -2.06. The van der Waals surface area contributed by atoms with E-state index in [1.807, 2.05) is 6.20 Å². The first-order valence-corrected chi connectivity index (χ1v) is 6.01. The predicted molar refractivity (Wildman–Crippen MR) is 75.2 cm³/mol. The van der Waals surface area contributed by atoms with Crippen molar-refractivity contribution < 1.29 is 14.6 Å². The minimum absolute atomic E-state index is 0.0711. The maximum absolute atomic E-state index is 11.0. The Labute approximate surface area is 116 Å². The van der Waals surface area contributed by atoms with Gasteiger partial charge in [0, 0.05) is 24.7 Å². The van der Waals surface area contributed by atoms with E-state index in [0.717, 1.165) is 5.69 Å². The summed E-state index contributed by atoms with van der Waals surface area (Å²) in [6.45, 7) is 1.23. The highest BCUT2D eigenvalue weighted by Crippen LogP contribution is 2.21. The highest BCUT2D eigenvalue weighted by Gasteiger charge is 2.09. The van der Waals surface area contributed by atoms with E-state index in [1.165, 1.54) is 6.07 Å². The van der Waals surface area contributed by atoms with E-state index in [-0.39, 0.29) is 11.3 Å². The van der Waals surface area contributed by atoms with E-state index in [1.54, 1.807) is 30.1 Å². The summed E-state index contributed by atoms with van der Waals surface area (Å²) in [6, 6.07) is 4.76. The first-order valence-electron chi connectivity index (χ1n) is 6.01. The van der Waals surface area contributed by atoms with Crippen LogP contribution in [-0.4, -0.2) is 34.6 Å². The Balaban J connectivity index is 2.11. The molecule has 1 heterocycles. The van der Waals surface area contributed by atoms with Crippen molar-refractivity contribution in [2.75, 3.05) is 24.8 Å². The first kappa shape index (κ1) is 13.9. The number of anilines is 3. The van der Waals surface area contributed by atoms with Gasteiger partial charge in [-0.3, -0.25) is 4.68 Å². The van der Waals surface area contributed by atoms with Gasteiger partial charge in [0.1, 0.15) is 0 Å². The van der Waals surface area contributed by atoms with Gasteiger partial charge in [-0.15, -0.1) is 0 Å². The summed E-state index contributed by atoms with van der Waals surface area (Å²) in [5, 5.41) is 16.3. The Kier molecular flexibility index (Phi) is 4.21. The maximum Gasteiger partial charge on any atom is 0.337 e. The van der Waals surface area contributed by atoms with Crippen molar-refractivity contribution in [1.82, 2.24) is 9.78 Å². The zero-order valence-electron chi connectivity index (χ0n) is 11.0. The summed E-state index contributed by atoms with van der Waals surface area (Å²) in [6.07, 6.45) is 3.47. The molecule has 20 heavy (non-hydrogen) atoms. The Morgan fingerprint density at radius 1 is 1.50 bits per heavy atom. The molecular weight excluding hydrogens is 260 g/mol. The van der Waals surface area contributed by atoms with Crippen LogP contribution in [0, 0.1) is 0 Å². The van der Waals surface area contributed by atoms with Crippen LogP contribution in [0.1, 0.15) is 10.4 Å². The van der Waals surface area contributed by atoms with E-state index in [0.29, 0.717) is 18.8 Å². The zero-order valence-corrected chi connectivity index (χ0v) is 11.0. The minimum atomic E-state index is -1.05. The third kappa shape index (κ3) is 3.27. The number of carboxylic acid groups (broad SMARTS) is 1. The summed E-state index contributed by atoms with van der Waals surface area (Å²) in [4.78, 5) is 11.0. The smallest absolute Gasteiger partial charge is 0.337 e. The van der Waals surface area contributed by atoms with Crippen LogP contribution in [-0.2, 0) is 11.3 Å². The lowest BCUT2D eigenvalue weighted by Crippen LogP contribution is -2.04. The minimum Gasteiger partial charge on any atom is -0.478 e. The molecule has 0 fully saturated rings. The average Bonchev–Trinajstić information content (AvgIpc) is 2.86. The molecule has 0 amide bonds. The summed E-state index contributed by atoms with van der Waals surface area (Å²) >= 11 is 0. The second-order valence-corrected chi connectivity index (χ2v) is 4.22. The van der Waals surface area contributed by atoms with Gasteiger partial charge in [-0.2, -0.15) is 5.10 Å². The molecule has 0 unspecified atom stereocenters. The van der Waals surface area contributed by atoms with Crippen LogP contribution >= 0.6 is 0 Å². The van der Waals surface area contributed by atoms with Crippen LogP contribution in [0.4, 0.5) is 17.1 Å². The monoisotopic (exact) mass is 276 g/mol. The molecule has 4 N–H and O–H groups in total. The fourth-order valence-corrected chi connectivity index (χ4v) is 1.72. The molecule has 0 saturated carbocycles. The molecule has 1 aromatic heterocycles. The van der Waals surface area contributed by atoms with Gasteiger partial charge in [0.05, 0.1) is 30.6 Å². The molecule has 106 valence electrons. The van der Waals surface area contributed by atoms with Crippen LogP contribution < -0.4 is 11.1 Å². The number of ether oxygens (including phenoxy) is 1. The Morgan fingerprint density at radius 3 is 3.00 bits per heavy atom. The van der Waals surface area contributed by atoms with E-state index in [2.05, 4.69) is 10.4 Å². The van der Waals surface area contributed by atoms with E-state index < -0.39 is 5.97 Å². The second-order valence-electron chi connectivity index (χ2n) is 4.22. The largest absolute Gasteiger partial charge is 0.478 e. The first-order chi connectivity index (χ1) is 9.60. The number of rotatable bonds is 6. The number of benzene rings is 1. The van der Waals surface area contributed by atoms with Crippen molar-refractivity contribution in [2.45, 2.75) is 6.54 Å². The standard InChI is InChI=1S/C13H16N4O3/c1-20-5-4-17-8-10(7-15-17)16-9-2-3-12(14)11(6-9)13(18)19/h2-3,6-8,16H,4-5,14H2,1H3,(H,18,19). The number of aromatic nitrogens is 2. The molecule has 0 aliphatic rings. The molecule has 0 saturated heterocycles. The van der Waals surface area contributed by atoms with E-state index in [9.17, 15) is 4.79 Å². The third-order valence-corrected chi connectivity index (χ3v) is 2.73. The van der Waals surface area contributed by atoms with Crippen molar-refractivity contribution in [3.8, 4) is 0 Å². The zero-order chi connectivity index (χ0) is 14.5. The lowest BCUT2D eigenvalue weighted by molar-refractivity contribution is 0.0698. The molecule has 0 aliphatic heterocycles. The van der Waals surface area contributed by atoms with Crippen molar-refractivity contribution in [3.63, 3.8) is 0 Å². The molecular formula is C13H16N4O3. The molecule has 0 bridgehead atoms. The average molecular weight is 276 g/mol. The van der Waals surface area contributed by atoms with Gasteiger partial charge in [-0.25, -0.2) is 4.79 Å². The van der Waals surface area contributed by atoms with Crippen molar-refractivity contribution in [2.24, 2.45) is 0 Å². The lowest BCUT2D eigenvalue weighted by atomic mass is 10.1. The second kappa shape index (κ2) is 6.07. The van der Waals surface area contributed by atoms with E-state index in [4.69, 9.17) is 15.6 Å². The molecule has 0 atom stereocenters. The van der Waals surface area contributed by atoms with Crippen molar-refractivity contribution in [3.05, 3.63) is 36.2 Å². The highest BCUT2D eigenvalue weighted by molar-refractivity contribution is 5.95. The fourth-order valence-electron chi connectivity index (χ4n) is 1.72. The van der Waals surface area contributed by atoms with Crippen molar-refractivity contribution >= 4 is 23.0 Å². The third-order valence-electron chi connectivity index (χ3n) is 2.73. The van der Waals surface area contributed by atoms with E-state index >= 15 is 0 Å². The molecule has 0 aliphatic carbocycles. The molecule has 7 nitrogen and oxygen atoms in total. The maximum atomic E-state index is 11.0. The number of nitrogens with one attached hydrogen (secondary N) is 1. The fraction of sp³-hybridized carbons (Fsp3) is 0.231.